The van der Waals surface area contributed by atoms with Crippen molar-refractivity contribution in [3.8, 4) is 11.1 Å². The van der Waals surface area contributed by atoms with Gasteiger partial charge in [-0.2, -0.15) is 5.10 Å². The normalized spacial score (nSPS) is 16.0. The van der Waals surface area contributed by atoms with Crippen molar-refractivity contribution in [1.82, 2.24) is 25.4 Å². The van der Waals surface area contributed by atoms with E-state index in [4.69, 9.17) is 5.73 Å². The van der Waals surface area contributed by atoms with Crippen molar-refractivity contribution >= 4 is 16.8 Å². The molecule has 2 aromatic carbocycles. The minimum Gasteiger partial charge on any atom is -0.403 e. The number of hydrogen-bond donors (Lipinski definition) is 4. The maximum Gasteiger partial charge on any atom is 0.276 e. The zero-order valence-corrected chi connectivity index (χ0v) is 22.8. The number of aliphatic hydroxyl groups excluding tert-OH is 1. The minimum absolute atomic E-state index is 0.190. The van der Waals surface area contributed by atoms with Crippen molar-refractivity contribution in [3.05, 3.63) is 108 Å². The average Bonchev–Trinajstić information content (AvgIpc) is 3.41. The highest BCUT2D eigenvalue weighted by atomic mass is 16.3. The fraction of sp³-hybridized carbons (Fsp3) is 0.281. The molecule has 0 radical (unpaired) electrons. The Hall–Kier alpha value is -4.27. The molecule has 0 aliphatic carbocycles. The Bertz CT molecular complexity index is 1500. The van der Waals surface area contributed by atoms with Gasteiger partial charge in [0.25, 0.3) is 5.91 Å². The number of nitrogens with two attached hydrogens (primary N) is 1. The lowest BCUT2D eigenvalue weighted by atomic mass is 10.0. The molecule has 0 bridgehead atoms. The topological polar surface area (TPSA) is 120 Å². The highest BCUT2D eigenvalue weighted by Gasteiger charge is 2.18. The monoisotopic (exact) mass is 536 g/mol. The molecule has 0 spiro atoms. The summed E-state index contributed by atoms with van der Waals surface area (Å²) in [6, 6.07) is 18.3. The van der Waals surface area contributed by atoms with Crippen LogP contribution in [-0.2, 0) is 13.0 Å². The number of nitrogens with zero attached hydrogens (tertiary/aromatic N) is 3. The number of hydrogen-bond acceptors (Lipinski definition) is 6. The van der Waals surface area contributed by atoms with Crippen LogP contribution in [0.15, 0.2) is 91.0 Å². The van der Waals surface area contributed by atoms with Crippen molar-refractivity contribution in [1.29, 1.82) is 0 Å². The third kappa shape index (κ3) is 6.83. The molecule has 206 valence electrons. The number of piperidine rings is 1. The maximum absolute atomic E-state index is 13.2. The molecule has 0 saturated carbocycles. The van der Waals surface area contributed by atoms with E-state index in [0.717, 1.165) is 66.5 Å². The van der Waals surface area contributed by atoms with Crippen LogP contribution < -0.4 is 11.1 Å². The van der Waals surface area contributed by atoms with Gasteiger partial charge in [0, 0.05) is 49.2 Å². The van der Waals surface area contributed by atoms with Crippen molar-refractivity contribution in [2.45, 2.75) is 38.8 Å². The molecule has 1 aliphatic rings. The van der Waals surface area contributed by atoms with Gasteiger partial charge in [0.05, 0.1) is 17.3 Å². The Morgan fingerprint density at radius 1 is 1.12 bits per heavy atom. The van der Waals surface area contributed by atoms with Gasteiger partial charge in [0.15, 0.2) is 5.69 Å². The Morgan fingerprint density at radius 3 is 2.70 bits per heavy atom. The van der Waals surface area contributed by atoms with Crippen LogP contribution in [0, 0.1) is 5.92 Å². The van der Waals surface area contributed by atoms with Crippen LogP contribution in [0.5, 0.6) is 0 Å². The van der Waals surface area contributed by atoms with E-state index in [9.17, 15) is 9.90 Å². The second kappa shape index (κ2) is 12.7. The minimum atomic E-state index is -0.334. The van der Waals surface area contributed by atoms with Crippen LogP contribution >= 0.6 is 0 Å². The van der Waals surface area contributed by atoms with Gasteiger partial charge < -0.3 is 16.2 Å². The number of benzene rings is 2. The maximum atomic E-state index is 13.2. The van der Waals surface area contributed by atoms with Crippen LogP contribution in [0.4, 0.5) is 0 Å². The number of H-pyrrole nitrogens is 1. The highest BCUT2D eigenvalue weighted by molar-refractivity contribution is 6.06. The third-order valence-corrected chi connectivity index (χ3v) is 7.31. The number of aromatic amines is 1. The van der Waals surface area contributed by atoms with Crippen molar-refractivity contribution < 1.29 is 9.90 Å². The van der Waals surface area contributed by atoms with E-state index in [1.807, 2.05) is 60.9 Å². The van der Waals surface area contributed by atoms with E-state index in [0.29, 0.717) is 11.4 Å². The molecule has 40 heavy (non-hydrogen) atoms. The van der Waals surface area contributed by atoms with Gasteiger partial charge in [0.1, 0.15) is 0 Å². The molecule has 1 aliphatic heterocycles. The Labute approximate surface area is 234 Å². The van der Waals surface area contributed by atoms with E-state index in [2.05, 4.69) is 50.5 Å². The summed E-state index contributed by atoms with van der Waals surface area (Å²) in [7, 11) is 0. The zero-order valence-electron chi connectivity index (χ0n) is 22.8. The van der Waals surface area contributed by atoms with Crippen molar-refractivity contribution in [2.24, 2.45) is 11.7 Å². The van der Waals surface area contributed by atoms with Crippen molar-refractivity contribution in [3.63, 3.8) is 0 Å². The molecule has 8 nitrogen and oxygen atoms in total. The zero-order chi connectivity index (χ0) is 27.9. The average molecular weight is 537 g/mol. The van der Waals surface area contributed by atoms with Gasteiger partial charge in [-0.3, -0.25) is 19.8 Å². The highest BCUT2D eigenvalue weighted by Crippen LogP contribution is 2.26. The molecule has 1 atom stereocenters. The van der Waals surface area contributed by atoms with E-state index in [-0.39, 0.29) is 17.9 Å². The number of fused-ring (bicyclic) bond motifs is 1. The number of aromatic nitrogens is 3. The Morgan fingerprint density at radius 2 is 1.93 bits per heavy atom. The number of carbonyl (C=O) groups is 1. The number of aliphatic hydroxyl groups is 1. The number of nitrogens with one attached hydrogen (secondary N) is 2. The first-order valence-electron chi connectivity index (χ1n) is 13.8. The number of rotatable bonds is 9. The molecule has 3 heterocycles. The van der Waals surface area contributed by atoms with Gasteiger partial charge in [-0.1, -0.05) is 49.4 Å². The van der Waals surface area contributed by atoms with E-state index < -0.39 is 0 Å². The van der Waals surface area contributed by atoms with Gasteiger partial charge in [0.2, 0.25) is 0 Å². The van der Waals surface area contributed by atoms with Crippen LogP contribution in [0.1, 0.15) is 41.4 Å². The van der Waals surface area contributed by atoms with Gasteiger partial charge >= 0.3 is 0 Å². The Balaban J connectivity index is 1.28. The van der Waals surface area contributed by atoms with Gasteiger partial charge in [-0.05, 0) is 66.1 Å². The van der Waals surface area contributed by atoms with E-state index in [1.54, 1.807) is 0 Å². The SMILES string of the molecule is CC(/C=C\C(=C/N)NC(=O)c1n[nH]c2ccc(-c3cncc(CN4CCC(O)CC4)c3)cc12)Cc1ccccc1. The molecule has 5 N–H and O–H groups in total. The van der Waals surface area contributed by atoms with Crippen LogP contribution in [0.3, 0.4) is 0 Å². The first kappa shape index (κ1) is 27.3. The number of amides is 1. The second-order valence-corrected chi connectivity index (χ2v) is 10.5. The largest absolute Gasteiger partial charge is 0.403 e. The number of likely N-dealkylation sites (tertiary alicyclic amines) is 1. The lowest BCUT2D eigenvalue weighted by Gasteiger charge is -2.29. The summed E-state index contributed by atoms with van der Waals surface area (Å²) < 4.78 is 0. The van der Waals surface area contributed by atoms with Crippen LogP contribution in [0.25, 0.3) is 22.0 Å². The summed E-state index contributed by atoms with van der Waals surface area (Å²) in [5.41, 5.74) is 11.7. The molecular formula is C32H36N6O2. The third-order valence-electron chi connectivity index (χ3n) is 7.31. The summed E-state index contributed by atoms with van der Waals surface area (Å²) in [5.74, 6) is -0.0615. The lowest BCUT2D eigenvalue weighted by Crippen LogP contribution is -2.35. The predicted molar refractivity (Wildman–Crippen MR) is 158 cm³/mol. The number of pyridine rings is 1. The number of carbonyl (C=O) groups excluding carboxylic acids is 1. The smallest absolute Gasteiger partial charge is 0.276 e. The molecule has 8 heteroatoms. The van der Waals surface area contributed by atoms with E-state index >= 15 is 0 Å². The fourth-order valence-corrected chi connectivity index (χ4v) is 5.09. The summed E-state index contributed by atoms with van der Waals surface area (Å²) in [4.78, 5) is 20.0. The lowest BCUT2D eigenvalue weighted by molar-refractivity contribution is 0.0792. The Kier molecular flexibility index (Phi) is 8.68. The summed E-state index contributed by atoms with van der Waals surface area (Å²) >= 11 is 0. The van der Waals surface area contributed by atoms with E-state index in [1.165, 1.54) is 11.8 Å². The molecule has 1 fully saturated rings. The first-order chi connectivity index (χ1) is 19.5. The quantitative estimate of drug-likeness (QED) is 0.233. The van der Waals surface area contributed by atoms with Gasteiger partial charge in [-0.15, -0.1) is 0 Å². The number of allylic oxidation sites excluding steroid dienone is 2. The molecule has 1 amide bonds. The van der Waals surface area contributed by atoms with Crippen LogP contribution in [-0.4, -0.2) is 50.3 Å². The van der Waals surface area contributed by atoms with Crippen molar-refractivity contribution in [2.75, 3.05) is 13.1 Å². The predicted octanol–water partition coefficient (Wildman–Crippen LogP) is 4.55. The standard InChI is InChI=1S/C32H36N6O2/c1-22(15-23-5-3-2-4-6-23)7-9-27(18-33)35-32(40)31-29-17-25(8-10-30(29)36-37-31)26-16-24(19-34-20-26)21-38-13-11-28(39)12-14-38/h2-10,16-20,22,28,39H,11-15,21,33H2,1H3,(H,35,40)(H,36,37)/b9-7-,27-18+. The summed E-state index contributed by atoms with van der Waals surface area (Å²) in [6.07, 6.45) is 11.3. The summed E-state index contributed by atoms with van der Waals surface area (Å²) in [5, 5.41) is 20.7. The first-order valence-corrected chi connectivity index (χ1v) is 13.8. The molecule has 1 saturated heterocycles. The van der Waals surface area contributed by atoms with Crippen LogP contribution in [0.2, 0.25) is 0 Å². The molecule has 2 aromatic heterocycles. The summed E-state index contributed by atoms with van der Waals surface area (Å²) in [6.45, 7) is 4.68. The second-order valence-electron chi connectivity index (χ2n) is 10.5. The molecule has 4 aromatic rings. The van der Waals surface area contributed by atoms with Gasteiger partial charge in [-0.25, -0.2) is 0 Å². The molecule has 5 rings (SSSR count). The molecular weight excluding hydrogens is 500 g/mol. The molecule has 1 unspecified atom stereocenters. The fourth-order valence-electron chi connectivity index (χ4n) is 5.09.